The summed E-state index contributed by atoms with van der Waals surface area (Å²) in [6.07, 6.45) is -0.687. The molecule has 0 heterocycles. The summed E-state index contributed by atoms with van der Waals surface area (Å²) in [6, 6.07) is 5.74. The van der Waals surface area contributed by atoms with Gasteiger partial charge in [0.1, 0.15) is 5.82 Å². The number of nitrogens with one attached hydrogen (secondary N) is 1. The van der Waals surface area contributed by atoms with Crippen LogP contribution in [0.3, 0.4) is 0 Å². The number of sulfonamides is 1. The quantitative estimate of drug-likeness (QED) is 0.808. The second-order valence-electron chi connectivity index (χ2n) is 3.70. The molecule has 0 aliphatic heterocycles. The Morgan fingerprint density at radius 3 is 2.65 bits per heavy atom. The summed E-state index contributed by atoms with van der Waals surface area (Å²) in [7, 11) is -3.38. The Morgan fingerprint density at radius 2 is 2.06 bits per heavy atom. The molecule has 1 rings (SSSR count). The van der Waals surface area contributed by atoms with Gasteiger partial charge in [-0.15, -0.1) is 0 Å². The van der Waals surface area contributed by atoms with Crippen molar-refractivity contribution in [1.29, 1.82) is 0 Å². The second-order valence-corrected chi connectivity index (χ2v) is 5.63. The molecular weight excluding hydrogens is 245 g/mol. The van der Waals surface area contributed by atoms with E-state index in [4.69, 9.17) is 0 Å². The molecule has 1 aromatic rings. The van der Waals surface area contributed by atoms with Gasteiger partial charge in [-0.1, -0.05) is 25.1 Å². The van der Waals surface area contributed by atoms with Crippen LogP contribution in [0, 0.1) is 5.82 Å². The van der Waals surface area contributed by atoms with E-state index >= 15 is 0 Å². The van der Waals surface area contributed by atoms with Gasteiger partial charge in [0.25, 0.3) is 0 Å². The Labute approximate surface area is 101 Å². The highest BCUT2D eigenvalue weighted by molar-refractivity contribution is 7.89. The number of benzene rings is 1. The third-order valence-corrected chi connectivity index (χ3v) is 3.79. The molecule has 0 aromatic heterocycles. The molecule has 0 fully saturated rings. The lowest BCUT2D eigenvalue weighted by Gasteiger charge is -2.12. The van der Waals surface area contributed by atoms with Gasteiger partial charge in [-0.3, -0.25) is 0 Å². The molecule has 1 unspecified atom stereocenters. The first kappa shape index (κ1) is 14.1. The lowest BCUT2D eigenvalue weighted by Crippen LogP contribution is -2.30. The molecule has 17 heavy (non-hydrogen) atoms. The summed E-state index contributed by atoms with van der Waals surface area (Å²) in [4.78, 5) is 0. The Kier molecular flexibility index (Phi) is 5.04. The molecule has 0 aliphatic rings. The topological polar surface area (TPSA) is 66.4 Å². The van der Waals surface area contributed by atoms with E-state index in [2.05, 4.69) is 4.72 Å². The van der Waals surface area contributed by atoms with Gasteiger partial charge in [0.05, 0.1) is 11.9 Å². The van der Waals surface area contributed by atoms with E-state index in [0.29, 0.717) is 6.42 Å². The van der Waals surface area contributed by atoms with Crippen molar-refractivity contribution in [3.05, 3.63) is 35.6 Å². The zero-order valence-electron chi connectivity index (χ0n) is 9.56. The fourth-order valence-corrected chi connectivity index (χ4v) is 2.50. The van der Waals surface area contributed by atoms with Crippen LogP contribution in [0.4, 0.5) is 4.39 Å². The van der Waals surface area contributed by atoms with E-state index in [1.807, 2.05) is 0 Å². The van der Waals surface area contributed by atoms with Gasteiger partial charge in [0.15, 0.2) is 0 Å². The molecule has 0 radical (unpaired) electrons. The van der Waals surface area contributed by atoms with Gasteiger partial charge in [-0.05, 0) is 12.5 Å². The third kappa shape index (κ3) is 4.41. The number of aliphatic hydroxyl groups is 1. The molecule has 6 heteroatoms. The fraction of sp³-hybridized carbons (Fsp3) is 0.455. The van der Waals surface area contributed by atoms with Crippen LogP contribution in [0.2, 0.25) is 0 Å². The molecule has 2 N–H and O–H groups in total. The van der Waals surface area contributed by atoms with Gasteiger partial charge >= 0.3 is 0 Å². The molecule has 96 valence electrons. The zero-order chi connectivity index (χ0) is 12.9. The maximum Gasteiger partial charge on any atom is 0.211 e. The second kappa shape index (κ2) is 6.09. The Balaban J connectivity index is 2.62. The van der Waals surface area contributed by atoms with Crippen LogP contribution in [0.25, 0.3) is 0 Å². The lowest BCUT2D eigenvalue weighted by molar-refractivity contribution is 0.177. The summed E-state index contributed by atoms with van der Waals surface area (Å²) in [6.45, 7) is 1.52. The predicted molar refractivity (Wildman–Crippen MR) is 63.4 cm³/mol. The van der Waals surface area contributed by atoms with Crippen molar-refractivity contribution in [2.24, 2.45) is 0 Å². The highest BCUT2D eigenvalue weighted by Gasteiger charge is 2.15. The van der Waals surface area contributed by atoms with Crippen molar-refractivity contribution in [1.82, 2.24) is 4.72 Å². The molecule has 0 saturated heterocycles. The van der Waals surface area contributed by atoms with Crippen LogP contribution in [0.5, 0.6) is 0 Å². The van der Waals surface area contributed by atoms with Crippen LogP contribution in [-0.2, 0) is 10.0 Å². The number of hydrogen-bond donors (Lipinski definition) is 2. The van der Waals surface area contributed by atoms with Gasteiger partial charge in [-0.25, -0.2) is 17.5 Å². The van der Waals surface area contributed by atoms with Crippen LogP contribution in [-0.4, -0.2) is 25.8 Å². The van der Waals surface area contributed by atoms with E-state index in [0.717, 1.165) is 0 Å². The smallest absolute Gasteiger partial charge is 0.211 e. The van der Waals surface area contributed by atoms with E-state index in [-0.39, 0.29) is 17.9 Å². The molecule has 1 aromatic carbocycles. The summed E-state index contributed by atoms with van der Waals surface area (Å²) >= 11 is 0. The van der Waals surface area contributed by atoms with Gasteiger partial charge in [0.2, 0.25) is 10.0 Å². The highest BCUT2D eigenvalue weighted by Crippen LogP contribution is 2.15. The maximum atomic E-state index is 13.3. The van der Waals surface area contributed by atoms with Crippen LogP contribution in [0.1, 0.15) is 25.0 Å². The molecule has 0 bridgehead atoms. The number of hydrogen-bond acceptors (Lipinski definition) is 3. The van der Waals surface area contributed by atoms with Crippen molar-refractivity contribution in [3.8, 4) is 0 Å². The minimum atomic E-state index is -3.38. The molecular formula is C11H16FNO3S. The van der Waals surface area contributed by atoms with E-state index in [1.165, 1.54) is 18.2 Å². The largest absolute Gasteiger partial charge is 0.387 e. The van der Waals surface area contributed by atoms with Crippen molar-refractivity contribution in [2.75, 3.05) is 12.3 Å². The van der Waals surface area contributed by atoms with Gasteiger partial charge < -0.3 is 5.11 Å². The first-order chi connectivity index (χ1) is 7.96. The van der Waals surface area contributed by atoms with Gasteiger partial charge in [-0.2, -0.15) is 0 Å². The predicted octanol–water partition coefficient (Wildman–Crippen LogP) is 1.19. The average Bonchev–Trinajstić information content (AvgIpc) is 2.27. The first-order valence-corrected chi connectivity index (χ1v) is 7.01. The van der Waals surface area contributed by atoms with Crippen molar-refractivity contribution >= 4 is 10.0 Å². The van der Waals surface area contributed by atoms with Gasteiger partial charge in [0, 0.05) is 12.1 Å². The number of aliphatic hydroxyl groups excluding tert-OH is 1. The molecule has 0 amide bonds. The van der Waals surface area contributed by atoms with Crippen LogP contribution < -0.4 is 4.72 Å². The summed E-state index contributed by atoms with van der Waals surface area (Å²) in [5, 5.41) is 9.67. The van der Waals surface area contributed by atoms with E-state index in [1.54, 1.807) is 13.0 Å². The Hall–Kier alpha value is -0.980. The zero-order valence-corrected chi connectivity index (χ0v) is 10.4. The average molecular weight is 261 g/mol. The van der Waals surface area contributed by atoms with Crippen LogP contribution >= 0.6 is 0 Å². The first-order valence-electron chi connectivity index (χ1n) is 5.36. The van der Waals surface area contributed by atoms with Crippen molar-refractivity contribution in [3.63, 3.8) is 0 Å². The molecule has 1 atom stereocenters. The third-order valence-electron chi connectivity index (χ3n) is 2.23. The Bertz CT molecular complexity index is 462. The molecule has 4 nitrogen and oxygen atoms in total. The van der Waals surface area contributed by atoms with Crippen molar-refractivity contribution < 1.29 is 17.9 Å². The normalized spacial score (nSPS) is 13.6. The summed E-state index contributed by atoms with van der Waals surface area (Å²) in [5.41, 5.74) is 0.0895. The minimum Gasteiger partial charge on any atom is -0.387 e. The lowest BCUT2D eigenvalue weighted by atomic mass is 10.1. The molecule has 0 spiro atoms. The standard InChI is InChI=1S/C11H16FNO3S/c1-2-7-17(15,16)13-8-11(14)9-5-3-4-6-10(9)12/h3-6,11,13-14H,2,7-8H2,1H3. The maximum absolute atomic E-state index is 13.3. The molecule has 0 saturated carbocycles. The monoisotopic (exact) mass is 261 g/mol. The Morgan fingerprint density at radius 1 is 1.41 bits per heavy atom. The SMILES string of the molecule is CCCS(=O)(=O)NCC(O)c1ccccc1F. The minimum absolute atomic E-state index is 0.00298. The number of halogens is 1. The summed E-state index contributed by atoms with van der Waals surface area (Å²) < 4.78 is 38.2. The summed E-state index contributed by atoms with van der Waals surface area (Å²) in [5.74, 6) is -0.550. The van der Waals surface area contributed by atoms with E-state index in [9.17, 15) is 17.9 Å². The number of rotatable bonds is 6. The van der Waals surface area contributed by atoms with Crippen LogP contribution in [0.15, 0.2) is 24.3 Å². The van der Waals surface area contributed by atoms with E-state index < -0.39 is 21.9 Å². The molecule has 0 aliphatic carbocycles. The highest BCUT2D eigenvalue weighted by atomic mass is 32.2. The van der Waals surface area contributed by atoms with Crippen molar-refractivity contribution in [2.45, 2.75) is 19.4 Å². The fourth-order valence-electron chi connectivity index (χ4n) is 1.40.